The number of halogens is 1. The summed E-state index contributed by atoms with van der Waals surface area (Å²) >= 11 is 0. The van der Waals surface area contributed by atoms with Crippen molar-refractivity contribution in [3.05, 3.63) is 35.9 Å². The SMILES string of the molecule is CCNC(=NCCNC(=O)c1ccccc1)N1CCC(COCCOC)C1.I. The molecule has 1 aromatic carbocycles. The Balaban J connectivity index is 0.00000392. The zero-order valence-corrected chi connectivity index (χ0v) is 19.2. The summed E-state index contributed by atoms with van der Waals surface area (Å²) in [6, 6.07) is 9.23. The van der Waals surface area contributed by atoms with Crippen LogP contribution in [0.4, 0.5) is 0 Å². The number of hydrogen-bond donors (Lipinski definition) is 2. The second-order valence-corrected chi connectivity index (χ2v) is 6.53. The first-order valence-electron chi connectivity index (χ1n) is 9.67. The fourth-order valence-corrected chi connectivity index (χ4v) is 3.00. The minimum absolute atomic E-state index is 0. The van der Waals surface area contributed by atoms with Gasteiger partial charge in [0, 0.05) is 44.8 Å². The van der Waals surface area contributed by atoms with Crippen molar-refractivity contribution in [3.63, 3.8) is 0 Å². The highest BCUT2D eigenvalue weighted by atomic mass is 127. The molecule has 1 saturated heterocycles. The summed E-state index contributed by atoms with van der Waals surface area (Å²) in [5.74, 6) is 1.36. The first-order valence-corrected chi connectivity index (χ1v) is 9.67. The van der Waals surface area contributed by atoms with E-state index < -0.39 is 0 Å². The second-order valence-electron chi connectivity index (χ2n) is 6.53. The standard InChI is InChI=1S/C20H32N4O3.HI/c1-3-21-20(24-12-9-17(15-24)16-27-14-13-26-2)23-11-10-22-19(25)18-7-5-4-6-8-18;/h4-8,17H,3,9-16H2,1-2H3,(H,21,23)(H,22,25);1H. The number of likely N-dealkylation sites (tertiary alicyclic amines) is 1. The Morgan fingerprint density at radius 3 is 2.75 bits per heavy atom. The minimum Gasteiger partial charge on any atom is -0.382 e. The molecule has 1 atom stereocenters. The molecule has 1 heterocycles. The van der Waals surface area contributed by atoms with E-state index in [1.54, 1.807) is 7.11 Å². The van der Waals surface area contributed by atoms with Crippen LogP contribution in [0.5, 0.6) is 0 Å². The van der Waals surface area contributed by atoms with E-state index in [2.05, 4.69) is 27.4 Å². The molecule has 0 aliphatic carbocycles. The minimum atomic E-state index is -0.0646. The molecule has 0 bridgehead atoms. The van der Waals surface area contributed by atoms with Gasteiger partial charge < -0.3 is 25.0 Å². The van der Waals surface area contributed by atoms with Gasteiger partial charge in [-0.1, -0.05) is 18.2 Å². The van der Waals surface area contributed by atoms with Crippen molar-refractivity contribution in [1.82, 2.24) is 15.5 Å². The molecule has 7 nitrogen and oxygen atoms in total. The normalized spacial score (nSPS) is 16.6. The van der Waals surface area contributed by atoms with Gasteiger partial charge in [0.25, 0.3) is 5.91 Å². The van der Waals surface area contributed by atoms with Crippen molar-refractivity contribution in [2.24, 2.45) is 10.9 Å². The van der Waals surface area contributed by atoms with E-state index in [4.69, 9.17) is 9.47 Å². The molecule has 28 heavy (non-hydrogen) atoms. The van der Waals surface area contributed by atoms with E-state index in [9.17, 15) is 4.79 Å². The molecule has 1 aromatic rings. The lowest BCUT2D eigenvalue weighted by atomic mass is 10.1. The number of hydrogen-bond acceptors (Lipinski definition) is 4. The molecule has 1 unspecified atom stereocenters. The van der Waals surface area contributed by atoms with Crippen LogP contribution in [0.25, 0.3) is 0 Å². The summed E-state index contributed by atoms with van der Waals surface area (Å²) < 4.78 is 10.7. The van der Waals surface area contributed by atoms with Crippen molar-refractivity contribution in [2.75, 3.05) is 59.7 Å². The van der Waals surface area contributed by atoms with E-state index in [0.717, 1.165) is 38.6 Å². The first kappa shape index (κ1) is 24.6. The summed E-state index contributed by atoms with van der Waals surface area (Å²) in [5.41, 5.74) is 0.671. The van der Waals surface area contributed by atoms with E-state index >= 15 is 0 Å². The summed E-state index contributed by atoms with van der Waals surface area (Å²) in [6.45, 7) is 7.89. The van der Waals surface area contributed by atoms with Crippen LogP contribution >= 0.6 is 24.0 Å². The van der Waals surface area contributed by atoms with Gasteiger partial charge in [0.05, 0.1) is 26.4 Å². The number of guanidine groups is 1. The third-order valence-corrected chi connectivity index (χ3v) is 4.40. The smallest absolute Gasteiger partial charge is 0.251 e. The highest BCUT2D eigenvalue weighted by Crippen LogP contribution is 2.16. The van der Waals surface area contributed by atoms with Crippen LogP contribution < -0.4 is 10.6 Å². The average molecular weight is 504 g/mol. The molecule has 0 spiro atoms. The molecule has 1 aliphatic rings. The predicted molar refractivity (Wildman–Crippen MR) is 123 cm³/mol. The Morgan fingerprint density at radius 2 is 2.04 bits per heavy atom. The van der Waals surface area contributed by atoms with Crippen molar-refractivity contribution >= 4 is 35.8 Å². The van der Waals surface area contributed by atoms with Gasteiger partial charge in [-0.3, -0.25) is 9.79 Å². The first-order chi connectivity index (χ1) is 13.2. The van der Waals surface area contributed by atoms with Gasteiger partial charge in [0.2, 0.25) is 0 Å². The maximum absolute atomic E-state index is 12.1. The Morgan fingerprint density at radius 1 is 1.25 bits per heavy atom. The van der Waals surface area contributed by atoms with Crippen LogP contribution in [0.15, 0.2) is 35.3 Å². The van der Waals surface area contributed by atoms with Gasteiger partial charge in [0.15, 0.2) is 5.96 Å². The number of carbonyl (C=O) groups is 1. The summed E-state index contributed by atoms with van der Waals surface area (Å²) in [6.07, 6.45) is 1.10. The third-order valence-electron chi connectivity index (χ3n) is 4.40. The highest BCUT2D eigenvalue weighted by molar-refractivity contribution is 14.0. The maximum atomic E-state index is 12.1. The second kappa shape index (κ2) is 14.6. The van der Waals surface area contributed by atoms with Crippen LogP contribution in [0.2, 0.25) is 0 Å². The quantitative estimate of drug-likeness (QED) is 0.221. The van der Waals surface area contributed by atoms with Gasteiger partial charge in [-0.05, 0) is 25.5 Å². The van der Waals surface area contributed by atoms with Gasteiger partial charge in [0.1, 0.15) is 0 Å². The lowest BCUT2D eigenvalue weighted by Gasteiger charge is -2.21. The van der Waals surface area contributed by atoms with Gasteiger partial charge in [-0.2, -0.15) is 0 Å². The van der Waals surface area contributed by atoms with E-state index in [0.29, 0.717) is 37.8 Å². The molecule has 0 saturated carbocycles. The lowest BCUT2D eigenvalue weighted by Crippen LogP contribution is -2.41. The molecular weight excluding hydrogens is 471 g/mol. The summed E-state index contributed by atoms with van der Waals surface area (Å²) in [5, 5.41) is 6.26. The largest absolute Gasteiger partial charge is 0.382 e. The van der Waals surface area contributed by atoms with Crippen molar-refractivity contribution in [2.45, 2.75) is 13.3 Å². The molecule has 2 N–H and O–H groups in total. The van der Waals surface area contributed by atoms with E-state index in [-0.39, 0.29) is 29.9 Å². The lowest BCUT2D eigenvalue weighted by molar-refractivity contribution is 0.0536. The molecular formula is C20H33IN4O3. The Bertz CT molecular complexity index is 586. The number of ether oxygens (including phenoxy) is 2. The number of aliphatic imine (C=N–C) groups is 1. The number of nitrogens with zero attached hydrogens (tertiary/aromatic N) is 2. The number of rotatable bonds is 10. The summed E-state index contributed by atoms with van der Waals surface area (Å²) in [7, 11) is 1.68. The van der Waals surface area contributed by atoms with Crippen LogP contribution in [-0.4, -0.2) is 76.4 Å². The number of amides is 1. The molecule has 2 rings (SSSR count). The number of carbonyl (C=O) groups excluding carboxylic acids is 1. The van der Waals surface area contributed by atoms with Crippen LogP contribution in [-0.2, 0) is 9.47 Å². The highest BCUT2D eigenvalue weighted by Gasteiger charge is 2.24. The number of methoxy groups -OCH3 is 1. The average Bonchev–Trinajstić information content (AvgIpc) is 3.17. The zero-order valence-electron chi connectivity index (χ0n) is 16.9. The van der Waals surface area contributed by atoms with Gasteiger partial charge >= 0.3 is 0 Å². The van der Waals surface area contributed by atoms with Crippen molar-refractivity contribution < 1.29 is 14.3 Å². The van der Waals surface area contributed by atoms with E-state index in [1.807, 2.05) is 30.3 Å². The molecule has 1 aliphatic heterocycles. The fourth-order valence-electron chi connectivity index (χ4n) is 3.00. The molecule has 158 valence electrons. The van der Waals surface area contributed by atoms with Gasteiger partial charge in [-0.25, -0.2) is 0 Å². The predicted octanol–water partition coefficient (Wildman–Crippen LogP) is 1.98. The van der Waals surface area contributed by atoms with Crippen LogP contribution in [0, 0.1) is 5.92 Å². The number of benzene rings is 1. The molecule has 8 heteroatoms. The Kier molecular flexibility index (Phi) is 12.8. The molecule has 1 amide bonds. The fraction of sp³-hybridized carbons (Fsp3) is 0.600. The Labute approximate surface area is 185 Å². The van der Waals surface area contributed by atoms with Crippen LogP contribution in [0.3, 0.4) is 0 Å². The van der Waals surface area contributed by atoms with Crippen molar-refractivity contribution in [3.8, 4) is 0 Å². The van der Waals surface area contributed by atoms with E-state index in [1.165, 1.54) is 0 Å². The van der Waals surface area contributed by atoms with Gasteiger partial charge in [-0.15, -0.1) is 24.0 Å². The third kappa shape index (κ3) is 8.74. The maximum Gasteiger partial charge on any atom is 0.251 e. The molecule has 1 fully saturated rings. The Hall–Kier alpha value is -1.39. The van der Waals surface area contributed by atoms with Crippen LogP contribution in [0.1, 0.15) is 23.7 Å². The summed E-state index contributed by atoms with van der Waals surface area (Å²) in [4.78, 5) is 19.0. The molecule has 0 aromatic heterocycles. The topological polar surface area (TPSA) is 75.2 Å². The zero-order chi connectivity index (χ0) is 19.3. The molecule has 0 radical (unpaired) electrons. The number of nitrogens with one attached hydrogen (secondary N) is 2. The monoisotopic (exact) mass is 504 g/mol. The van der Waals surface area contributed by atoms with Crippen molar-refractivity contribution in [1.29, 1.82) is 0 Å².